The van der Waals surface area contributed by atoms with Crippen molar-refractivity contribution < 1.29 is 0 Å². The van der Waals surface area contributed by atoms with Crippen LogP contribution < -0.4 is 4.90 Å². The highest BCUT2D eigenvalue weighted by molar-refractivity contribution is 5.51. The van der Waals surface area contributed by atoms with Crippen LogP contribution in [0, 0.1) is 6.92 Å². The zero-order chi connectivity index (χ0) is 11.5. The molecule has 0 fully saturated rings. The van der Waals surface area contributed by atoms with E-state index in [9.17, 15) is 0 Å². The second-order valence-corrected chi connectivity index (χ2v) is 3.67. The van der Waals surface area contributed by atoms with Crippen LogP contribution in [-0.2, 0) is 0 Å². The maximum absolute atomic E-state index is 4.43. The largest absolute Gasteiger partial charge is 0.362 e. The van der Waals surface area contributed by atoms with Gasteiger partial charge in [-0.1, -0.05) is 0 Å². The molecule has 2 rings (SSSR count). The zero-order valence-corrected chi connectivity index (χ0v) is 9.55. The van der Waals surface area contributed by atoms with Crippen LogP contribution in [0.1, 0.15) is 5.56 Å². The number of anilines is 1. The Hall–Kier alpha value is -2.04. The number of aryl methyl sites for hydroxylation is 1. The molecule has 0 aromatic carbocycles. The first-order chi connectivity index (χ1) is 7.68. The monoisotopic (exact) mass is 215 g/mol. The molecule has 5 nitrogen and oxygen atoms in total. The van der Waals surface area contributed by atoms with Crippen molar-refractivity contribution in [3.8, 4) is 11.6 Å². The number of hydrogen-bond acceptors (Lipinski definition) is 5. The van der Waals surface area contributed by atoms with Gasteiger partial charge in [0, 0.05) is 38.2 Å². The van der Waals surface area contributed by atoms with Crippen LogP contribution in [0.4, 0.5) is 5.82 Å². The molecule has 0 aliphatic heterocycles. The minimum Gasteiger partial charge on any atom is -0.362 e. The molecule has 2 aromatic heterocycles. The van der Waals surface area contributed by atoms with Crippen LogP contribution >= 0.6 is 0 Å². The molecular weight excluding hydrogens is 202 g/mol. The lowest BCUT2D eigenvalue weighted by atomic mass is 10.3. The van der Waals surface area contributed by atoms with Crippen LogP contribution in [0.2, 0.25) is 0 Å². The number of rotatable bonds is 2. The van der Waals surface area contributed by atoms with Gasteiger partial charge in [0.1, 0.15) is 5.82 Å². The average molecular weight is 215 g/mol. The molecule has 0 atom stereocenters. The highest BCUT2D eigenvalue weighted by Crippen LogP contribution is 2.16. The van der Waals surface area contributed by atoms with Gasteiger partial charge in [0.05, 0.1) is 0 Å². The summed E-state index contributed by atoms with van der Waals surface area (Å²) in [5.74, 6) is 1.98. The number of hydrogen-bond donors (Lipinski definition) is 0. The molecule has 0 bridgehead atoms. The Labute approximate surface area is 94.2 Å². The van der Waals surface area contributed by atoms with Crippen molar-refractivity contribution in [2.45, 2.75) is 6.92 Å². The quantitative estimate of drug-likeness (QED) is 0.756. The van der Waals surface area contributed by atoms with Gasteiger partial charge in [-0.25, -0.2) is 19.9 Å². The van der Waals surface area contributed by atoms with E-state index in [2.05, 4.69) is 19.9 Å². The molecule has 16 heavy (non-hydrogen) atoms. The average Bonchev–Trinajstić information content (AvgIpc) is 2.30. The van der Waals surface area contributed by atoms with Crippen molar-refractivity contribution in [1.82, 2.24) is 19.9 Å². The van der Waals surface area contributed by atoms with Gasteiger partial charge < -0.3 is 4.90 Å². The molecule has 0 spiro atoms. The summed E-state index contributed by atoms with van der Waals surface area (Å²) < 4.78 is 0. The highest BCUT2D eigenvalue weighted by Gasteiger charge is 2.08. The molecule has 0 N–H and O–H groups in total. The third-order valence-electron chi connectivity index (χ3n) is 2.13. The molecular formula is C11H13N5. The van der Waals surface area contributed by atoms with Gasteiger partial charge in [0.2, 0.25) is 0 Å². The maximum Gasteiger partial charge on any atom is 0.199 e. The van der Waals surface area contributed by atoms with Crippen LogP contribution in [0.15, 0.2) is 24.7 Å². The third kappa shape index (κ3) is 1.98. The zero-order valence-electron chi connectivity index (χ0n) is 9.55. The van der Waals surface area contributed by atoms with Gasteiger partial charge in [0.15, 0.2) is 11.6 Å². The van der Waals surface area contributed by atoms with E-state index >= 15 is 0 Å². The Kier molecular flexibility index (Phi) is 2.76. The van der Waals surface area contributed by atoms with Gasteiger partial charge in [-0.2, -0.15) is 0 Å². The first-order valence-corrected chi connectivity index (χ1v) is 4.97. The first-order valence-electron chi connectivity index (χ1n) is 4.97. The molecule has 2 aromatic rings. The van der Waals surface area contributed by atoms with Gasteiger partial charge in [-0.3, -0.25) is 0 Å². The molecule has 0 saturated carbocycles. The predicted octanol–water partition coefficient (Wildman–Crippen LogP) is 1.31. The van der Waals surface area contributed by atoms with Crippen molar-refractivity contribution in [3.05, 3.63) is 30.2 Å². The van der Waals surface area contributed by atoms with Gasteiger partial charge in [0.25, 0.3) is 0 Å². The fourth-order valence-corrected chi connectivity index (χ4v) is 1.41. The third-order valence-corrected chi connectivity index (χ3v) is 2.13. The van der Waals surface area contributed by atoms with E-state index in [1.165, 1.54) is 0 Å². The molecule has 0 aliphatic carbocycles. The summed E-state index contributed by atoms with van der Waals surface area (Å²) in [4.78, 5) is 18.9. The lowest BCUT2D eigenvalue weighted by molar-refractivity contribution is 0.999. The van der Waals surface area contributed by atoms with E-state index in [0.717, 1.165) is 11.4 Å². The van der Waals surface area contributed by atoms with E-state index in [4.69, 9.17) is 0 Å². The summed E-state index contributed by atoms with van der Waals surface area (Å²) in [5.41, 5.74) is 1.03. The van der Waals surface area contributed by atoms with Gasteiger partial charge in [-0.15, -0.1) is 0 Å². The lowest BCUT2D eigenvalue weighted by Crippen LogP contribution is -2.13. The summed E-state index contributed by atoms with van der Waals surface area (Å²) in [6.45, 7) is 1.98. The van der Waals surface area contributed by atoms with Crippen molar-refractivity contribution in [1.29, 1.82) is 0 Å². The molecule has 0 saturated heterocycles. The van der Waals surface area contributed by atoms with E-state index in [1.807, 2.05) is 25.9 Å². The summed E-state index contributed by atoms with van der Waals surface area (Å²) >= 11 is 0. The van der Waals surface area contributed by atoms with E-state index in [1.54, 1.807) is 24.7 Å². The summed E-state index contributed by atoms with van der Waals surface area (Å²) in [5, 5.41) is 0. The normalized spacial score (nSPS) is 10.2. The lowest BCUT2D eigenvalue weighted by Gasteiger charge is -2.14. The second-order valence-electron chi connectivity index (χ2n) is 3.67. The SMILES string of the molecule is Cc1cnc(-c2ncccn2)nc1N(C)C. The minimum atomic E-state index is 0.547. The van der Waals surface area contributed by atoms with E-state index in [-0.39, 0.29) is 0 Å². The predicted molar refractivity (Wildman–Crippen MR) is 62.1 cm³/mol. The van der Waals surface area contributed by atoms with E-state index < -0.39 is 0 Å². The Morgan fingerprint density at radius 2 is 1.69 bits per heavy atom. The Morgan fingerprint density at radius 1 is 1.00 bits per heavy atom. The van der Waals surface area contributed by atoms with Crippen molar-refractivity contribution in [2.24, 2.45) is 0 Å². The number of aromatic nitrogens is 4. The highest BCUT2D eigenvalue weighted by atomic mass is 15.2. The molecule has 0 amide bonds. The first kappa shape index (κ1) is 10.5. The van der Waals surface area contributed by atoms with Crippen molar-refractivity contribution >= 4 is 5.82 Å². The minimum absolute atomic E-state index is 0.547. The molecule has 0 aliphatic rings. The Bertz CT molecular complexity index is 481. The van der Waals surface area contributed by atoms with Crippen LogP contribution in [0.5, 0.6) is 0 Å². The van der Waals surface area contributed by atoms with E-state index in [0.29, 0.717) is 11.6 Å². The van der Waals surface area contributed by atoms with Crippen LogP contribution in [0.25, 0.3) is 11.6 Å². The van der Waals surface area contributed by atoms with Crippen molar-refractivity contribution in [3.63, 3.8) is 0 Å². The van der Waals surface area contributed by atoms with Crippen molar-refractivity contribution in [2.75, 3.05) is 19.0 Å². The van der Waals surface area contributed by atoms with Crippen LogP contribution in [-0.4, -0.2) is 34.0 Å². The summed E-state index contributed by atoms with van der Waals surface area (Å²) in [6, 6.07) is 1.77. The molecule has 5 heteroatoms. The molecule has 82 valence electrons. The Morgan fingerprint density at radius 3 is 2.31 bits per heavy atom. The standard InChI is InChI=1S/C11H13N5/c1-8-7-14-10(15-11(8)16(2)3)9-12-5-4-6-13-9/h4-7H,1-3H3. The molecule has 2 heterocycles. The topological polar surface area (TPSA) is 54.8 Å². The molecule has 0 unspecified atom stereocenters. The Balaban J connectivity index is 2.48. The smallest absolute Gasteiger partial charge is 0.199 e. The maximum atomic E-state index is 4.43. The summed E-state index contributed by atoms with van der Waals surface area (Å²) in [7, 11) is 3.90. The fraction of sp³-hybridized carbons (Fsp3) is 0.273. The van der Waals surface area contributed by atoms with Crippen LogP contribution in [0.3, 0.4) is 0 Å². The second kappa shape index (κ2) is 4.22. The fourth-order valence-electron chi connectivity index (χ4n) is 1.41. The molecule has 0 radical (unpaired) electrons. The van der Waals surface area contributed by atoms with Gasteiger partial charge in [-0.05, 0) is 13.0 Å². The van der Waals surface area contributed by atoms with Gasteiger partial charge >= 0.3 is 0 Å². The number of nitrogens with zero attached hydrogens (tertiary/aromatic N) is 5. The summed E-state index contributed by atoms with van der Waals surface area (Å²) in [6.07, 6.45) is 5.15.